The van der Waals surface area contributed by atoms with E-state index in [0.29, 0.717) is 54.6 Å². The maximum absolute atomic E-state index is 11.9. The number of aliphatic hydroxyl groups is 1. The molecule has 190 valence electrons. The number of hydrogen-bond acceptors (Lipinski definition) is 8. The quantitative estimate of drug-likeness (QED) is 0.337. The minimum Gasteiger partial charge on any atom is -0.493 e. The van der Waals surface area contributed by atoms with Gasteiger partial charge in [-0.3, -0.25) is 10.1 Å². The minimum absolute atomic E-state index is 0.0778. The number of anilines is 2. The lowest BCUT2D eigenvalue weighted by Crippen LogP contribution is -2.32. The molecule has 2 aromatic rings. The predicted molar refractivity (Wildman–Crippen MR) is 132 cm³/mol. The molecule has 0 radical (unpaired) electrons. The van der Waals surface area contributed by atoms with E-state index in [-0.39, 0.29) is 19.1 Å². The fourth-order valence-corrected chi connectivity index (χ4v) is 3.76. The molecule has 10 nitrogen and oxygen atoms in total. The zero-order valence-electron chi connectivity index (χ0n) is 20.3. The van der Waals surface area contributed by atoms with Crippen molar-refractivity contribution < 1.29 is 33.6 Å². The van der Waals surface area contributed by atoms with Gasteiger partial charge in [0.05, 0.1) is 32.2 Å². The van der Waals surface area contributed by atoms with Crippen molar-refractivity contribution in [2.45, 2.75) is 32.3 Å². The number of hydrogen-bond donors (Lipinski definition) is 4. The molecule has 1 atom stereocenters. The first-order valence-corrected chi connectivity index (χ1v) is 11.6. The molecule has 0 fully saturated rings. The Balaban J connectivity index is 1.51. The SMILES string of the molecule is CCOC(=O)Nc1ccc(OCC(O)CNCCc2ccc(OC)c(OC)c2)c2c1NC(=O)CC2. The van der Waals surface area contributed by atoms with Gasteiger partial charge in [-0.2, -0.15) is 0 Å². The van der Waals surface area contributed by atoms with Gasteiger partial charge in [-0.25, -0.2) is 4.79 Å². The van der Waals surface area contributed by atoms with Gasteiger partial charge in [0.2, 0.25) is 5.91 Å². The molecule has 0 saturated carbocycles. The zero-order valence-corrected chi connectivity index (χ0v) is 20.3. The Hall–Kier alpha value is -3.50. The monoisotopic (exact) mass is 487 g/mol. The first kappa shape index (κ1) is 26.1. The van der Waals surface area contributed by atoms with Crippen molar-refractivity contribution in [2.24, 2.45) is 0 Å². The molecule has 4 N–H and O–H groups in total. The second-order valence-corrected chi connectivity index (χ2v) is 7.97. The third kappa shape index (κ3) is 7.24. The first-order chi connectivity index (χ1) is 16.9. The fraction of sp³-hybridized carbons (Fsp3) is 0.440. The Labute approximate surface area is 204 Å². The molecular formula is C25H33N3O7. The second kappa shape index (κ2) is 12.8. The van der Waals surface area contributed by atoms with Gasteiger partial charge in [-0.05, 0) is 56.1 Å². The lowest BCUT2D eigenvalue weighted by Gasteiger charge is -2.24. The summed E-state index contributed by atoms with van der Waals surface area (Å²) in [7, 11) is 3.20. The summed E-state index contributed by atoms with van der Waals surface area (Å²) in [5.74, 6) is 1.78. The van der Waals surface area contributed by atoms with E-state index in [4.69, 9.17) is 18.9 Å². The highest BCUT2D eigenvalue weighted by molar-refractivity contribution is 6.01. The molecule has 0 aliphatic carbocycles. The zero-order chi connectivity index (χ0) is 25.2. The third-order valence-electron chi connectivity index (χ3n) is 5.50. The molecule has 0 bridgehead atoms. The maximum atomic E-state index is 11.9. The number of carbonyl (C=O) groups is 2. The molecule has 1 aliphatic heterocycles. The van der Waals surface area contributed by atoms with Crippen LogP contribution in [0.25, 0.3) is 0 Å². The molecule has 1 aliphatic rings. The molecule has 2 aromatic carbocycles. The summed E-state index contributed by atoms with van der Waals surface area (Å²) < 4.78 is 21.4. The number of aliphatic hydroxyl groups excluding tert-OH is 1. The molecule has 1 heterocycles. The van der Waals surface area contributed by atoms with Crippen molar-refractivity contribution in [2.75, 3.05) is 51.2 Å². The Morgan fingerprint density at radius 2 is 1.89 bits per heavy atom. The van der Waals surface area contributed by atoms with Crippen LogP contribution in [-0.4, -0.2) is 63.7 Å². The van der Waals surface area contributed by atoms with E-state index in [1.807, 2.05) is 18.2 Å². The molecule has 35 heavy (non-hydrogen) atoms. The van der Waals surface area contributed by atoms with Crippen LogP contribution in [0.5, 0.6) is 17.2 Å². The van der Waals surface area contributed by atoms with E-state index in [0.717, 1.165) is 17.5 Å². The Morgan fingerprint density at radius 3 is 2.63 bits per heavy atom. The molecule has 0 spiro atoms. The molecule has 0 aromatic heterocycles. The molecule has 10 heteroatoms. The van der Waals surface area contributed by atoms with Crippen LogP contribution in [0.1, 0.15) is 24.5 Å². The van der Waals surface area contributed by atoms with Gasteiger partial charge in [-0.15, -0.1) is 0 Å². The van der Waals surface area contributed by atoms with E-state index in [1.165, 1.54) is 0 Å². The molecule has 2 amide bonds. The normalized spacial score (nSPS) is 13.3. The largest absolute Gasteiger partial charge is 0.493 e. The van der Waals surface area contributed by atoms with Gasteiger partial charge in [0.15, 0.2) is 11.5 Å². The standard InChI is InChI=1S/C25H33N3O7/c1-4-34-25(31)27-19-7-9-20(18-6-10-23(30)28-24(18)19)35-15-17(29)14-26-12-11-16-5-8-21(32-2)22(13-16)33-3/h5,7-9,13,17,26,29H,4,6,10-12,14-15H2,1-3H3,(H,27,31)(H,28,30). The van der Waals surface area contributed by atoms with Crippen LogP contribution in [0.15, 0.2) is 30.3 Å². The number of rotatable bonds is 12. The Morgan fingerprint density at radius 1 is 1.11 bits per heavy atom. The van der Waals surface area contributed by atoms with Crippen LogP contribution in [0, 0.1) is 0 Å². The van der Waals surface area contributed by atoms with Crippen LogP contribution < -0.4 is 30.2 Å². The highest BCUT2D eigenvalue weighted by atomic mass is 16.5. The second-order valence-electron chi connectivity index (χ2n) is 7.97. The number of benzene rings is 2. The summed E-state index contributed by atoms with van der Waals surface area (Å²) >= 11 is 0. The smallest absolute Gasteiger partial charge is 0.411 e. The van der Waals surface area contributed by atoms with E-state index < -0.39 is 12.2 Å². The van der Waals surface area contributed by atoms with Gasteiger partial charge in [0, 0.05) is 18.5 Å². The van der Waals surface area contributed by atoms with Gasteiger partial charge in [0.25, 0.3) is 0 Å². The van der Waals surface area contributed by atoms with Crippen molar-refractivity contribution in [3.05, 3.63) is 41.5 Å². The van der Waals surface area contributed by atoms with Crippen molar-refractivity contribution >= 4 is 23.4 Å². The lowest BCUT2D eigenvalue weighted by molar-refractivity contribution is -0.116. The highest BCUT2D eigenvalue weighted by Gasteiger charge is 2.23. The number of ether oxygens (including phenoxy) is 4. The average Bonchev–Trinajstić information content (AvgIpc) is 2.86. The van der Waals surface area contributed by atoms with Crippen LogP contribution in [0.2, 0.25) is 0 Å². The van der Waals surface area contributed by atoms with Gasteiger partial charge < -0.3 is 34.7 Å². The molecule has 1 unspecified atom stereocenters. The summed E-state index contributed by atoms with van der Waals surface area (Å²) in [6.45, 7) is 3.05. The van der Waals surface area contributed by atoms with E-state index in [2.05, 4.69) is 16.0 Å². The van der Waals surface area contributed by atoms with E-state index >= 15 is 0 Å². The summed E-state index contributed by atoms with van der Waals surface area (Å²) in [5, 5.41) is 19.0. The number of amides is 2. The van der Waals surface area contributed by atoms with Crippen molar-refractivity contribution in [3.63, 3.8) is 0 Å². The van der Waals surface area contributed by atoms with Gasteiger partial charge in [0.1, 0.15) is 18.5 Å². The van der Waals surface area contributed by atoms with Gasteiger partial charge in [-0.1, -0.05) is 6.07 Å². The summed E-state index contributed by atoms with van der Waals surface area (Å²) in [5.41, 5.74) is 2.80. The van der Waals surface area contributed by atoms with Crippen LogP contribution in [0.4, 0.5) is 16.2 Å². The highest BCUT2D eigenvalue weighted by Crippen LogP contribution is 2.37. The molecular weight excluding hydrogens is 454 g/mol. The number of fused-ring (bicyclic) bond motifs is 1. The van der Waals surface area contributed by atoms with E-state index in [1.54, 1.807) is 33.3 Å². The van der Waals surface area contributed by atoms with Gasteiger partial charge >= 0.3 is 6.09 Å². The molecule has 3 rings (SSSR count). The first-order valence-electron chi connectivity index (χ1n) is 11.6. The Bertz CT molecular complexity index is 1030. The summed E-state index contributed by atoms with van der Waals surface area (Å²) in [6.07, 6.45) is 0.209. The minimum atomic E-state index is -0.730. The van der Waals surface area contributed by atoms with E-state index in [9.17, 15) is 14.7 Å². The average molecular weight is 488 g/mol. The predicted octanol–water partition coefficient (Wildman–Crippen LogP) is 2.73. The van der Waals surface area contributed by atoms with Crippen molar-refractivity contribution in [1.29, 1.82) is 0 Å². The third-order valence-corrected chi connectivity index (χ3v) is 5.50. The van der Waals surface area contributed by atoms with Crippen LogP contribution >= 0.6 is 0 Å². The van der Waals surface area contributed by atoms with Crippen molar-refractivity contribution in [1.82, 2.24) is 5.32 Å². The number of methoxy groups -OCH3 is 2. The van der Waals surface area contributed by atoms with Crippen molar-refractivity contribution in [3.8, 4) is 17.2 Å². The topological polar surface area (TPSA) is 127 Å². The number of carbonyl (C=O) groups excluding carboxylic acids is 2. The lowest BCUT2D eigenvalue weighted by atomic mass is 10.0. The molecule has 0 saturated heterocycles. The summed E-state index contributed by atoms with van der Waals surface area (Å²) in [6, 6.07) is 9.14. The maximum Gasteiger partial charge on any atom is 0.411 e. The fourth-order valence-electron chi connectivity index (χ4n) is 3.76. The van der Waals surface area contributed by atoms with Crippen LogP contribution in [-0.2, 0) is 22.4 Å². The van der Waals surface area contributed by atoms with Crippen LogP contribution in [0.3, 0.4) is 0 Å². The summed E-state index contributed by atoms with van der Waals surface area (Å²) in [4.78, 5) is 23.8. The number of nitrogens with one attached hydrogen (secondary N) is 3. The Kier molecular flexibility index (Phi) is 9.56.